The molecule has 0 atom stereocenters. The molecule has 0 bridgehead atoms. The van der Waals surface area contributed by atoms with E-state index in [1.165, 1.54) is 26.2 Å². The summed E-state index contributed by atoms with van der Waals surface area (Å²) in [7, 11) is -1.00. The summed E-state index contributed by atoms with van der Waals surface area (Å²) in [5, 5.41) is 11.1. The van der Waals surface area contributed by atoms with Crippen molar-refractivity contribution in [3.63, 3.8) is 0 Å². The zero-order chi connectivity index (χ0) is 15.8. The van der Waals surface area contributed by atoms with Crippen LogP contribution < -0.4 is 10.5 Å². The van der Waals surface area contributed by atoms with E-state index in [0.29, 0.717) is 12.8 Å². The third-order valence-corrected chi connectivity index (χ3v) is 5.14. The Balaban J connectivity index is 2.34. The molecule has 1 aromatic rings. The molecule has 116 valence electrons. The van der Waals surface area contributed by atoms with E-state index in [-0.39, 0.29) is 28.5 Å². The summed E-state index contributed by atoms with van der Waals surface area (Å²) in [5.41, 5.74) is 5.27. The van der Waals surface area contributed by atoms with Crippen molar-refractivity contribution in [1.29, 1.82) is 0 Å². The summed E-state index contributed by atoms with van der Waals surface area (Å²) in [4.78, 5) is 10.3. The maximum Gasteiger partial charge on any atom is 0.312 e. The van der Waals surface area contributed by atoms with Gasteiger partial charge in [0.05, 0.1) is 9.82 Å². The second-order valence-corrected chi connectivity index (χ2v) is 7.30. The number of rotatable bonds is 5. The van der Waals surface area contributed by atoms with Crippen molar-refractivity contribution in [2.75, 3.05) is 14.1 Å². The predicted octanol–water partition coefficient (Wildman–Crippen LogP) is 0.714. The van der Waals surface area contributed by atoms with Crippen molar-refractivity contribution < 1.29 is 18.1 Å². The molecule has 0 spiro atoms. The zero-order valence-electron chi connectivity index (χ0n) is 11.7. The first-order valence-electron chi connectivity index (χ1n) is 6.35. The number of hydrogen-bond donors (Lipinski definition) is 1. The first-order valence-corrected chi connectivity index (χ1v) is 7.79. The number of ether oxygens (including phenoxy) is 1. The second kappa shape index (κ2) is 5.58. The Hall–Kier alpha value is -1.71. The standard InChI is InChI=1S/C12H17N3O5S/c1-14(2)21(18,19)10-3-4-12(11(7-10)15(16)17)20-9-5-8(13)6-9/h3-4,7-9H,5-6,13H2,1-2H3. The maximum absolute atomic E-state index is 12.0. The van der Waals surface area contributed by atoms with Crippen molar-refractivity contribution in [2.45, 2.75) is 29.9 Å². The minimum Gasteiger partial charge on any atom is -0.483 e. The molecule has 0 aliphatic heterocycles. The van der Waals surface area contributed by atoms with Crippen molar-refractivity contribution in [2.24, 2.45) is 5.73 Å². The van der Waals surface area contributed by atoms with Gasteiger partial charge in [-0.1, -0.05) is 0 Å². The number of sulfonamides is 1. The van der Waals surface area contributed by atoms with Gasteiger partial charge in [0.15, 0.2) is 5.75 Å². The molecular formula is C12H17N3O5S. The van der Waals surface area contributed by atoms with Crippen LogP contribution in [0.3, 0.4) is 0 Å². The van der Waals surface area contributed by atoms with Gasteiger partial charge in [0, 0.05) is 26.2 Å². The van der Waals surface area contributed by atoms with Crippen LogP contribution in [0.5, 0.6) is 5.75 Å². The van der Waals surface area contributed by atoms with Crippen LogP contribution >= 0.6 is 0 Å². The average molecular weight is 315 g/mol. The lowest BCUT2D eigenvalue weighted by Gasteiger charge is -2.32. The molecule has 1 aliphatic carbocycles. The molecule has 0 amide bonds. The van der Waals surface area contributed by atoms with Gasteiger partial charge in [0.1, 0.15) is 6.10 Å². The van der Waals surface area contributed by atoms with E-state index in [1.807, 2.05) is 0 Å². The van der Waals surface area contributed by atoms with Crippen molar-refractivity contribution >= 4 is 15.7 Å². The molecule has 1 fully saturated rings. The number of nitrogens with two attached hydrogens (primary N) is 1. The Morgan fingerprint density at radius 3 is 2.48 bits per heavy atom. The molecule has 0 aromatic heterocycles. The number of nitrogens with zero attached hydrogens (tertiary/aromatic N) is 2. The second-order valence-electron chi connectivity index (χ2n) is 5.15. The van der Waals surface area contributed by atoms with Crippen LogP contribution in [0.25, 0.3) is 0 Å². The topological polar surface area (TPSA) is 116 Å². The number of nitro benzene ring substituents is 1. The van der Waals surface area contributed by atoms with Crippen molar-refractivity contribution in [1.82, 2.24) is 4.31 Å². The summed E-state index contributed by atoms with van der Waals surface area (Å²) < 4.78 is 30.5. The number of benzene rings is 1. The molecule has 8 nitrogen and oxygen atoms in total. The Kier molecular flexibility index (Phi) is 4.17. The van der Waals surface area contributed by atoms with Crippen LogP contribution in [0.4, 0.5) is 5.69 Å². The Bertz CT molecular complexity index is 653. The van der Waals surface area contributed by atoms with E-state index < -0.39 is 14.9 Å². The highest BCUT2D eigenvalue weighted by atomic mass is 32.2. The van der Waals surface area contributed by atoms with Crippen LogP contribution in [0.15, 0.2) is 23.1 Å². The molecule has 0 heterocycles. The molecule has 1 aliphatic rings. The van der Waals surface area contributed by atoms with E-state index in [2.05, 4.69) is 0 Å². The number of hydrogen-bond acceptors (Lipinski definition) is 6. The monoisotopic (exact) mass is 315 g/mol. The van der Waals surface area contributed by atoms with Crippen molar-refractivity contribution in [3.8, 4) is 5.75 Å². The van der Waals surface area contributed by atoms with Gasteiger partial charge in [-0.3, -0.25) is 10.1 Å². The van der Waals surface area contributed by atoms with E-state index in [4.69, 9.17) is 10.5 Å². The lowest BCUT2D eigenvalue weighted by atomic mass is 9.90. The summed E-state index contributed by atoms with van der Waals surface area (Å²) in [6, 6.07) is 3.69. The van der Waals surface area contributed by atoms with Crippen molar-refractivity contribution in [3.05, 3.63) is 28.3 Å². The van der Waals surface area contributed by atoms with Gasteiger partial charge in [0.2, 0.25) is 10.0 Å². The van der Waals surface area contributed by atoms with Gasteiger partial charge >= 0.3 is 5.69 Å². The highest BCUT2D eigenvalue weighted by molar-refractivity contribution is 7.89. The lowest BCUT2D eigenvalue weighted by Crippen LogP contribution is -2.43. The summed E-state index contributed by atoms with van der Waals surface area (Å²) in [6.45, 7) is 0. The average Bonchev–Trinajstić information content (AvgIpc) is 2.36. The van der Waals surface area contributed by atoms with Gasteiger partial charge in [-0.25, -0.2) is 12.7 Å². The van der Waals surface area contributed by atoms with Gasteiger partial charge in [-0.05, 0) is 25.0 Å². The molecule has 0 unspecified atom stereocenters. The Labute approximate surface area is 122 Å². The smallest absolute Gasteiger partial charge is 0.312 e. The Morgan fingerprint density at radius 1 is 1.38 bits per heavy atom. The summed E-state index contributed by atoms with van der Waals surface area (Å²) in [5.74, 6) is 0.0645. The largest absolute Gasteiger partial charge is 0.483 e. The molecule has 9 heteroatoms. The van der Waals surface area contributed by atoms with Crippen LogP contribution in [0.1, 0.15) is 12.8 Å². The third kappa shape index (κ3) is 3.14. The SMILES string of the molecule is CN(C)S(=O)(=O)c1ccc(OC2CC(N)C2)c([N+](=O)[O-])c1. The van der Waals surface area contributed by atoms with Crippen LogP contribution in [-0.4, -0.2) is 43.9 Å². The fourth-order valence-corrected chi connectivity index (χ4v) is 2.92. The molecule has 21 heavy (non-hydrogen) atoms. The highest BCUT2D eigenvalue weighted by Gasteiger charge is 2.31. The molecule has 0 saturated heterocycles. The first kappa shape index (κ1) is 15.7. The predicted molar refractivity (Wildman–Crippen MR) is 75.6 cm³/mol. The van der Waals surface area contributed by atoms with Gasteiger partial charge in [0.25, 0.3) is 0 Å². The van der Waals surface area contributed by atoms with Gasteiger partial charge < -0.3 is 10.5 Å². The fraction of sp³-hybridized carbons (Fsp3) is 0.500. The zero-order valence-corrected chi connectivity index (χ0v) is 12.5. The Morgan fingerprint density at radius 2 is 2.00 bits per heavy atom. The first-order chi connectivity index (χ1) is 9.71. The molecule has 2 rings (SSSR count). The minimum absolute atomic E-state index is 0.0578. The normalized spacial score (nSPS) is 21.9. The van der Waals surface area contributed by atoms with Gasteiger partial charge in [-0.15, -0.1) is 0 Å². The van der Waals surface area contributed by atoms with Gasteiger partial charge in [-0.2, -0.15) is 0 Å². The fourth-order valence-electron chi connectivity index (χ4n) is 1.99. The van der Waals surface area contributed by atoms with Crippen LogP contribution in [-0.2, 0) is 10.0 Å². The van der Waals surface area contributed by atoms with E-state index in [9.17, 15) is 18.5 Å². The van der Waals surface area contributed by atoms with Crippen LogP contribution in [0.2, 0.25) is 0 Å². The molecule has 2 N–H and O–H groups in total. The maximum atomic E-state index is 12.0. The highest BCUT2D eigenvalue weighted by Crippen LogP contribution is 2.34. The number of nitro groups is 1. The van der Waals surface area contributed by atoms with E-state index in [1.54, 1.807) is 0 Å². The van der Waals surface area contributed by atoms with E-state index >= 15 is 0 Å². The molecule has 1 saturated carbocycles. The summed E-state index contributed by atoms with van der Waals surface area (Å²) in [6.07, 6.45) is 1.11. The summed E-state index contributed by atoms with van der Waals surface area (Å²) >= 11 is 0. The molecule has 0 radical (unpaired) electrons. The third-order valence-electron chi connectivity index (χ3n) is 3.33. The molecular weight excluding hydrogens is 298 g/mol. The quantitative estimate of drug-likeness (QED) is 0.632. The minimum atomic E-state index is -3.73. The lowest BCUT2D eigenvalue weighted by molar-refractivity contribution is -0.386. The van der Waals surface area contributed by atoms with E-state index in [0.717, 1.165) is 10.4 Å². The molecule has 1 aromatic carbocycles. The van der Waals surface area contributed by atoms with Crippen LogP contribution in [0, 0.1) is 10.1 Å².